The molecule has 0 heterocycles. The fourth-order valence-corrected chi connectivity index (χ4v) is 9.68. The van der Waals surface area contributed by atoms with Crippen molar-refractivity contribution in [2.75, 3.05) is 47.5 Å². The van der Waals surface area contributed by atoms with Gasteiger partial charge in [-0.3, -0.25) is 14.2 Å². The van der Waals surface area contributed by atoms with Gasteiger partial charge in [-0.25, -0.2) is 0 Å². The molecule has 9 nitrogen and oxygen atoms in total. The normalized spacial score (nSPS) is 14.0. The number of phosphoric ester groups is 1. The third-order valence-corrected chi connectivity index (χ3v) is 14.9. The molecular weight excluding hydrogens is 1040 g/mol. The Morgan fingerprint density at radius 2 is 0.659 bits per heavy atom. The summed E-state index contributed by atoms with van der Waals surface area (Å²) in [5.41, 5.74) is 0. The summed E-state index contributed by atoms with van der Waals surface area (Å²) in [6.07, 6.45) is 88.3. The summed E-state index contributed by atoms with van der Waals surface area (Å²) in [6.45, 7) is 4.02. The molecule has 0 spiro atoms. The molecule has 470 valence electrons. The van der Waals surface area contributed by atoms with Crippen LogP contribution in [0.1, 0.15) is 271 Å². The smallest absolute Gasteiger partial charge is 0.306 e. The number of carbonyl (C=O) groups is 2. The van der Waals surface area contributed by atoms with Crippen molar-refractivity contribution in [1.82, 2.24) is 0 Å². The van der Waals surface area contributed by atoms with Gasteiger partial charge in [-0.05, 0) is 103 Å². The molecule has 0 rings (SSSR count). The van der Waals surface area contributed by atoms with Crippen LogP contribution in [0.25, 0.3) is 0 Å². The molecule has 10 heteroatoms. The van der Waals surface area contributed by atoms with Crippen LogP contribution >= 0.6 is 7.82 Å². The molecule has 0 aromatic heterocycles. The number of quaternary nitrogens is 1. The van der Waals surface area contributed by atoms with Gasteiger partial charge < -0.3 is 27.9 Å². The number of likely N-dealkylation sites (N-methyl/N-ethyl adjacent to an activating group) is 1. The number of unbranched alkanes of at least 4 members (excludes halogenated alkanes) is 26. The number of carbonyl (C=O) groups excluding carboxylic acids is 2. The quantitative estimate of drug-likeness (QED) is 0.0195. The fraction of sp³-hybridized carbons (Fsp3) is 0.694. The van der Waals surface area contributed by atoms with Gasteiger partial charge in [0.2, 0.25) is 0 Å². The predicted octanol–water partition coefficient (Wildman–Crippen LogP) is 20.9. The molecule has 0 amide bonds. The largest absolute Gasteiger partial charge is 0.756 e. The van der Waals surface area contributed by atoms with E-state index in [-0.39, 0.29) is 32.0 Å². The van der Waals surface area contributed by atoms with Crippen molar-refractivity contribution in [3.05, 3.63) is 122 Å². The first kappa shape index (κ1) is 78.4. The first-order chi connectivity index (χ1) is 40.0. The van der Waals surface area contributed by atoms with Gasteiger partial charge in [0.1, 0.15) is 19.8 Å². The fourth-order valence-electron chi connectivity index (χ4n) is 8.95. The molecule has 0 aliphatic heterocycles. The van der Waals surface area contributed by atoms with Gasteiger partial charge in [0.15, 0.2) is 6.10 Å². The Morgan fingerprint density at radius 3 is 0.976 bits per heavy atom. The van der Waals surface area contributed by atoms with Gasteiger partial charge >= 0.3 is 11.9 Å². The second-order valence-corrected chi connectivity index (χ2v) is 24.5. The summed E-state index contributed by atoms with van der Waals surface area (Å²) < 4.78 is 34.3. The predicted molar refractivity (Wildman–Crippen MR) is 351 cm³/mol. The highest BCUT2D eigenvalue weighted by Crippen LogP contribution is 2.38. The molecule has 2 unspecified atom stereocenters. The SMILES string of the molecule is CC/C=C\C/C=C\C/C=C\C/C=C\C/C=C\C/C=C\CCCCCCCCCCC(=O)OC(COC(=O)CCCCCCCCCCCCCCCCCCCC/C=C\C/C=C\C/C=C\C/C=C\CC)COP(=O)([O-])OCC[N+](C)(C)C. The molecule has 2 atom stereocenters. The highest BCUT2D eigenvalue weighted by Gasteiger charge is 2.22. The minimum absolute atomic E-state index is 0.0373. The lowest BCUT2D eigenvalue weighted by molar-refractivity contribution is -0.870. The Hall–Kier alpha value is -3.59. The molecule has 0 fully saturated rings. The number of allylic oxidation sites excluding steroid dienone is 20. The van der Waals surface area contributed by atoms with Crippen molar-refractivity contribution >= 4 is 19.8 Å². The summed E-state index contributed by atoms with van der Waals surface area (Å²) in [7, 11) is 1.15. The number of phosphoric acid groups is 1. The first-order valence-corrected chi connectivity index (χ1v) is 34.7. The minimum atomic E-state index is -4.65. The average Bonchev–Trinajstić information content (AvgIpc) is 3.46. The molecule has 0 aromatic rings. The van der Waals surface area contributed by atoms with Gasteiger partial charge in [-0.15, -0.1) is 0 Å². The van der Waals surface area contributed by atoms with E-state index in [4.69, 9.17) is 18.5 Å². The summed E-state index contributed by atoms with van der Waals surface area (Å²) in [6, 6.07) is 0. The Morgan fingerprint density at radius 1 is 0.378 bits per heavy atom. The number of esters is 2. The van der Waals surface area contributed by atoms with Gasteiger partial charge in [-0.1, -0.05) is 277 Å². The number of rotatable bonds is 60. The molecule has 0 aliphatic carbocycles. The molecule has 0 radical (unpaired) electrons. The van der Waals surface area contributed by atoms with Crippen LogP contribution in [0.2, 0.25) is 0 Å². The average molecular weight is 1160 g/mol. The van der Waals surface area contributed by atoms with Crippen LogP contribution in [0.4, 0.5) is 0 Å². The van der Waals surface area contributed by atoms with Gasteiger partial charge in [0, 0.05) is 12.8 Å². The molecule has 0 aliphatic rings. The molecule has 0 bridgehead atoms. The van der Waals surface area contributed by atoms with Crippen LogP contribution < -0.4 is 4.89 Å². The standard InChI is InChI=1S/C72H124NO8P/c1-6-8-10-12-14-16-18-20-22-24-26-28-30-32-34-35-36-37-39-40-42-44-46-48-50-52-54-56-58-60-62-64-71(74)78-68-70(69-80-82(76,77)79-67-66-73(3,4)5)81-72(75)65-63-61-59-57-55-53-51-49-47-45-43-41-38-33-31-29-27-25-23-21-19-17-15-13-11-9-7-2/h8-11,14-17,20-23,26-29,33,38,43,45,70H,6-7,12-13,18-19,24-25,30-32,34-37,39-42,44,46-69H2,1-5H3/b10-8-,11-9-,16-14-,17-15-,22-20-,23-21-,28-26-,29-27-,38-33-,45-43-. The summed E-state index contributed by atoms with van der Waals surface area (Å²) in [5, 5.41) is 0. The Labute approximate surface area is 505 Å². The van der Waals surface area contributed by atoms with Crippen LogP contribution in [0, 0.1) is 0 Å². The zero-order valence-electron chi connectivity index (χ0n) is 53.4. The maximum Gasteiger partial charge on any atom is 0.306 e. The highest BCUT2D eigenvalue weighted by atomic mass is 31.2. The minimum Gasteiger partial charge on any atom is -0.756 e. The highest BCUT2D eigenvalue weighted by molar-refractivity contribution is 7.45. The lowest BCUT2D eigenvalue weighted by atomic mass is 10.0. The van der Waals surface area contributed by atoms with Gasteiger partial charge in [-0.2, -0.15) is 0 Å². The maximum atomic E-state index is 12.8. The zero-order valence-corrected chi connectivity index (χ0v) is 54.3. The van der Waals surface area contributed by atoms with E-state index in [1.807, 2.05) is 21.1 Å². The van der Waals surface area contributed by atoms with Crippen LogP contribution in [0.3, 0.4) is 0 Å². The van der Waals surface area contributed by atoms with Crippen molar-refractivity contribution < 1.29 is 42.1 Å². The van der Waals surface area contributed by atoms with Crippen molar-refractivity contribution in [1.29, 1.82) is 0 Å². The lowest BCUT2D eigenvalue weighted by Crippen LogP contribution is -2.37. The Balaban J connectivity index is 4.10. The van der Waals surface area contributed by atoms with Crippen molar-refractivity contribution in [3.8, 4) is 0 Å². The van der Waals surface area contributed by atoms with E-state index in [0.29, 0.717) is 17.4 Å². The second-order valence-electron chi connectivity index (χ2n) is 23.1. The van der Waals surface area contributed by atoms with Gasteiger partial charge in [0.25, 0.3) is 7.82 Å². The number of ether oxygens (including phenoxy) is 2. The Bertz CT molecular complexity index is 1800. The first-order valence-electron chi connectivity index (χ1n) is 33.2. The summed E-state index contributed by atoms with van der Waals surface area (Å²) in [5.74, 6) is -0.842. The molecule has 0 N–H and O–H groups in total. The second kappa shape index (κ2) is 62.0. The van der Waals surface area contributed by atoms with Crippen molar-refractivity contribution in [2.45, 2.75) is 277 Å². The van der Waals surface area contributed by atoms with Crippen molar-refractivity contribution in [3.63, 3.8) is 0 Å². The van der Waals surface area contributed by atoms with Gasteiger partial charge in [0.05, 0.1) is 27.7 Å². The molecule has 0 aromatic carbocycles. The van der Waals surface area contributed by atoms with E-state index in [0.717, 1.165) is 109 Å². The number of hydrogen-bond donors (Lipinski definition) is 0. The Kier molecular flexibility index (Phi) is 59.2. The summed E-state index contributed by atoms with van der Waals surface area (Å²) >= 11 is 0. The van der Waals surface area contributed by atoms with Crippen LogP contribution in [-0.4, -0.2) is 70.0 Å². The zero-order chi connectivity index (χ0) is 59.8. The van der Waals surface area contributed by atoms with Crippen molar-refractivity contribution in [2.24, 2.45) is 0 Å². The third-order valence-electron chi connectivity index (χ3n) is 14.0. The molecular formula is C72H124NO8P. The van der Waals surface area contributed by atoms with Crippen LogP contribution in [0.5, 0.6) is 0 Å². The van der Waals surface area contributed by atoms with E-state index in [2.05, 4.69) is 135 Å². The van der Waals surface area contributed by atoms with E-state index >= 15 is 0 Å². The third kappa shape index (κ3) is 65.6. The van der Waals surface area contributed by atoms with E-state index < -0.39 is 26.5 Å². The number of hydrogen-bond acceptors (Lipinski definition) is 8. The van der Waals surface area contributed by atoms with Crippen LogP contribution in [-0.2, 0) is 32.7 Å². The molecule has 0 saturated carbocycles. The van der Waals surface area contributed by atoms with E-state index in [1.54, 1.807) is 0 Å². The molecule has 82 heavy (non-hydrogen) atoms. The molecule has 0 saturated heterocycles. The number of nitrogens with zero attached hydrogens (tertiary/aromatic N) is 1. The summed E-state index contributed by atoms with van der Waals surface area (Å²) in [4.78, 5) is 38.0. The lowest BCUT2D eigenvalue weighted by Gasteiger charge is -2.28. The van der Waals surface area contributed by atoms with Crippen LogP contribution in [0.15, 0.2) is 122 Å². The maximum absolute atomic E-state index is 12.8. The topological polar surface area (TPSA) is 111 Å². The monoisotopic (exact) mass is 1160 g/mol. The van der Waals surface area contributed by atoms with E-state index in [1.165, 1.54) is 128 Å². The van der Waals surface area contributed by atoms with E-state index in [9.17, 15) is 19.0 Å².